The van der Waals surface area contributed by atoms with Crippen LogP contribution in [0.2, 0.25) is 0 Å². The average Bonchev–Trinajstić information content (AvgIpc) is 3.16. The quantitative estimate of drug-likeness (QED) is 0.534. The first-order valence-corrected chi connectivity index (χ1v) is 7.65. The van der Waals surface area contributed by atoms with E-state index in [0.29, 0.717) is 16.5 Å². The SMILES string of the molecule is N#Cc1c2c(=O)c3ccccc3c-2n/c1=N/NC(=O)c1ccc(O)cc1. The number of nitriles is 1. The fourth-order valence-electron chi connectivity index (χ4n) is 2.85. The summed E-state index contributed by atoms with van der Waals surface area (Å²) in [5.41, 5.74) is 2.97. The number of phenolic OH excluding ortho intramolecular Hbond substituents is 1. The van der Waals surface area contributed by atoms with Crippen molar-refractivity contribution in [3.8, 4) is 23.1 Å². The van der Waals surface area contributed by atoms with Gasteiger partial charge in [0.25, 0.3) is 5.91 Å². The number of aromatic hydroxyl groups is 1. The molecule has 124 valence electrons. The van der Waals surface area contributed by atoms with Gasteiger partial charge >= 0.3 is 0 Å². The molecule has 0 unspecified atom stereocenters. The maximum atomic E-state index is 12.5. The highest BCUT2D eigenvalue weighted by molar-refractivity contribution is 6.02. The van der Waals surface area contributed by atoms with Gasteiger partial charge in [-0.15, -0.1) is 0 Å². The number of aromatic nitrogens is 1. The second kappa shape index (κ2) is 5.79. The van der Waals surface area contributed by atoms with Crippen LogP contribution in [0.1, 0.15) is 15.9 Å². The molecular formula is C19H10N4O3. The van der Waals surface area contributed by atoms with Crippen LogP contribution in [0.25, 0.3) is 22.0 Å². The third kappa shape index (κ3) is 2.29. The van der Waals surface area contributed by atoms with Crippen LogP contribution < -0.4 is 16.3 Å². The fourth-order valence-corrected chi connectivity index (χ4v) is 2.85. The number of carbonyl (C=O) groups excluding carboxylic acids is 1. The molecule has 2 aliphatic rings. The molecule has 2 aromatic rings. The molecule has 0 fully saturated rings. The molecular weight excluding hydrogens is 332 g/mol. The van der Waals surface area contributed by atoms with Crippen LogP contribution in [-0.4, -0.2) is 16.0 Å². The van der Waals surface area contributed by atoms with Crippen LogP contribution in [-0.2, 0) is 0 Å². The van der Waals surface area contributed by atoms with Crippen molar-refractivity contribution in [1.82, 2.24) is 10.4 Å². The van der Waals surface area contributed by atoms with E-state index >= 15 is 0 Å². The summed E-state index contributed by atoms with van der Waals surface area (Å²) in [6.07, 6.45) is 0. The molecule has 1 heterocycles. The van der Waals surface area contributed by atoms with E-state index in [1.54, 1.807) is 24.3 Å². The molecule has 0 aromatic heterocycles. The van der Waals surface area contributed by atoms with Crippen molar-refractivity contribution in [2.24, 2.45) is 5.10 Å². The van der Waals surface area contributed by atoms with E-state index in [-0.39, 0.29) is 33.4 Å². The summed E-state index contributed by atoms with van der Waals surface area (Å²) >= 11 is 0. The molecule has 0 spiro atoms. The largest absolute Gasteiger partial charge is 0.508 e. The molecule has 1 aliphatic carbocycles. The lowest BCUT2D eigenvalue weighted by atomic mass is 10.2. The van der Waals surface area contributed by atoms with Crippen LogP contribution in [0, 0.1) is 11.3 Å². The first-order valence-electron chi connectivity index (χ1n) is 7.65. The van der Waals surface area contributed by atoms with Crippen LogP contribution in [0.4, 0.5) is 0 Å². The zero-order valence-electron chi connectivity index (χ0n) is 13.2. The molecule has 0 saturated heterocycles. The van der Waals surface area contributed by atoms with Gasteiger partial charge in [-0.1, -0.05) is 24.3 Å². The van der Waals surface area contributed by atoms with Crippen molar-refractivity contribution in [2.45, 2.75) is 0 Å². The van der Waals surface area contributed by atoms with E-state index in [0.717, 1.165) is 0 Å². The lowest BCUT2D eigenvalue weighted by Crippen LogP contribution is -2.22. The highest BCUT2D eigenvalue weighted by Crippen LogP contribution is 2.28. The summed E-state index contributed by atoms with van der Waals surface area (Å²) in [4.78, 5) is 28.9. The predicted octanol–water partition coefficient (Wildman–Crippen LogP) is 1.40. The Labute approximate surface area is 146 Å². The van der Waals surface area contributed by atoms with Crippen molar-refractivity contribution < 1.29 is 9.90 Å². The average molecular weight is 342 g/mol. The van der Waals surface area contributed by atoms with Crippen LogP contribution in [0.15, 0.2) is 58.4 Å². The van der Waals surface area contributed by atoms with Gasteiger partial charge in [0.15, 0.2) is 10.9 Å². The highest BCUT2D eigenvalue weighted by Gasteiger charge is 2.25. The monoisotopic (exact) mass is 342 g/mol. The minimum Gasteiger partial charge on any atom is -0.508 e. The van der Waals surface area contributed by atoms with Crippen LogP contribution in [0.3, 0.4) is 0 Å². The third-order valence-corrected chi connectivity index (χ3v) is 4.09. The highest BCUT2D eigenvalue weighted by atomic mass is 16.3. The topological polar surface area (TPSA) is 115 Å². The van der Waals surface area contributed by atoms with E-state index in [4.69, 9.17) is 0 Å². The molecule has 0 bridgehead atoms. The zero-order valence-corrected chi connectivity index (χ0v) is 13.2. The molecule has 0 saturated carbocycles. The van der Waals surface area contributed by atoms with Crippen molar-refractivity contribution >= 4 is 16.7 Å². The standard InChI is InChI=1S/C19H10N4O3/c20-9-14-15-16(12-3-1-2-4-13(12)17(15)25)21-18(14)22-23-19(26)10-5-7-11(24)8-6-10/h1-8,24H,(H,23,26)/b22-18+. The minimum atomic E-state index is -0.524. The van der Waals surface area contributed by atoms with Crippen molar-refractivity contribution in [3.63, 3.8) is 0 Å². The summed E-state index contributed by atoms with van der Waals surface area (Å²) in [6.45, 7) is 0. The molecule has 26 heavy (non-hydrogen) atoms. The van der Waals surface area contributed by atoms with E-state index < -0.39 is 5.91 Å². The summed E-state index contributed by atoms with van der Waals surface area (Å²) in [7, 11) is 0. The van der Waals surface area contributed by atoms with Gasteiger partial charge in [-0.2, -0.15) is 10.4 Å². The molecule has 0 atom stereocenters. The number of carbonyl (C=O) groups is 1. The number of fused-ring (bicyclic) bond motifs is 3. The maximum Gasteiger partial charge on any atom is 0.271 e. The summed E-state index contributed by atoms with van der Waals surface area (Å²) in [6, 6.07) is 14.5. The van der Waals surface area contributed by atoms with E-state index in [2.05, 4.69) is 15.5 Å². The number of nitrogens with one attached hydrogen (secondary N) is 1. The molecule has 1 aliphatic heterocycles. The Balaban J connectivity index is 1.80. The third-order valence-electron chi connectivity index (χ3n) is 4.09. The second-order valence-electron chi connectivity index (χ2n) is 5.62. The number of hydrogen-bond donors (Lipinski definition) is 2. The molecule has 2 aromatic carbocycles. The molecule has 0 radical (unpaired) electrons. The van der Waals surface area contributed by atoms with Crippen LogP contribution >= 0.6 is 0 Å². The van der Waals surface area contributed by atoms with E-state index in [1.807, 2.05) is 6.07 Å². The lowest BCUT2D eigenvalue weighted by Gasteiger charge is -1.98. The Bertz CT molecular complexity index is 1260. The number of benzene rings is 2. The zero-order chi connectivity index (χ0) is 18.3. The summed E-state index contributed by atoms with van der Waals surface area (Å²) in [5, 5.41) is 23.7. The molecule has 1 amide bonds. The van der Waals surface area contributed by atoms with Gasteiger partial charge in [0.1, 0.15) is 17.4 Å². The Hall–Kier alpha value is -4.05. The van der Waals surface area contributed by atoms with E-state index in [1.165, 1.54) is 24.3 Å². The summed E-state index contributed by atoms with van der Waals surface area (Å²) in [5.74, 6) is -0.486. The smallest absolute Gasteiger partial charge is 0.271 e. The fraction of sp³-hybridized carbons (Fsp3) is 0. The van der Waals surface area contributed by atoms with Crippen molar-refractivity contribution in [2.75, 3.05) is 0 Å². The lowest BCUT2D eigenvalue weighted by molar-refractivity contribution is 0.0953. The normalized spacial score (nSPS) is 11.7. The summed E-state index contributed by atoms with van der Waals surface area (Å²) < 4.78 is 0. The Morgan fingerprint density at radius 2 is 1.81 bits per heavy atom. The first-order chi connectivity index (χ1) is 12.6. The Morgan fingerprint density at radius 3 is 2.50 bits per heavy atom. The van der Waals surface area contributed by atoms with Crippen molar-refractivity contribution in [3.05, 3.63) is 75.4 Å². The number of amides is 1. The number of phenols is 1. The molecule has 2 N–H and O–H groups in total. The van der Waals surface area contributed by atoms with Gasteiger partial charge in [0.05, 0.1) is 11.3 Å². The molecule has 7 nitrogen and oxygen atoms in total. The Morgan fingerprint density at radius 1 is 1.12 bits per heavy atom. The number of rotatable bonds is 2. The molecule has 7 heteroatoms. The van der Waals surface area contributed by atoms with Crippen molar-refractivity contribution in [1.29, 1.82) is 5.26 Å². The first kappa shape index (κ1) is 15.5. The van der Waals surface area contributed by atoms with Gasteiger partial charge in [-0.3, -0.25) is 9.59 Å². The minimum absolute atomic E-state index is 0.00696. The van der Waals surface area contributed by atoms with Gasteiger partial charge < -0.3 is 5.11 Å². The van der Waals surface area contributed by atoms with Gasteiger partial charge in [-0.05, 0) is 24.3 Å². The molecule has 4 rings (SSSR count). The predicted molar refractivity (Wildman–Crippen MR) is 92.9 cm³/mol. The van der Waals surface area contributed by atoms with Gasteiger partial charge in [0.2, 0.25) is 0 Å². The number of hydrogen-bond acceptors (Lipinski definition) is 6. The van der Waals surface area contributed by atoms with Crippen LogP contribution in [0.5, 0.6) is 5.75 Å². The number of nitrogens with zero attached hydrogens (tertiary/aromatic N) is 3. The maximum absolute atomic E-state index is 12.5. The van der Waals surface area contributed by atoms with Gasteiger partial charge in [0, 0.05) is 16.3 Å². The van der Waals surface area contributed by atoms with E-state index in [9.17, 15) is 20.0 Å². The second-order valence-corrected chi connectivity index (χ2v) is 5.62. The van der Waals surface area contributed by atoms with Gasteiger partial charge in [-0.25, -0.2) is 10.4 Å². The Kier molecular flexibility index (Phi) is 3.45.